The molecule has 0 aliphatic heterocycles. The minimum atomic E-state index is -0.996. The number of halogens is 2. The number of para-hydroxylation sites is 1. The molecule has 0 atom stereocenters. The van der Waals surface area contributed by atoms with Gasteiger partial charge in [-0.25, -0.2) is 9.78 Å². The predicted octanol–water partition coefficient (Wildman–Crippen LogP) is 4.82. The van der Waals surface area contributed by atoms with Crippen LogP contribution in [0.1, 0.15) is 16.8 Å². The summed E-state index contributed by atoms with van der Waals surface area (Å²) in [6, 6.07) is 10.1. The van der Waals surface area contributed by atoms with Gasteiger partial charge in [0.15, 0.2) is 0 Å². The SMILES string of the molecule is COCCCn1c(Nc2c(Cl)cccc2Cl)nc2cc(C(=O)O)ccc21. The Morgan fingerprint density at radius 2 is 2.00 bits per heavy atom. The Bertz CT molecular complexity index is 936. The fourth-order valence-electron chi connectivity index (χ4n) is 2.68. The molecule has 3 rings (SSSR count). The molecule has 2 N–H and O–H groups in total. The first kappa shape index (κ1) is 18.5. The average Bonchev–Trinajstić information content (AvgIpc) is 2.95. The first-order valence-electron chi connectivity index (χ1n) is 7.95. The number of nitrogens with one attached hydrogen (secondary N) is 1. The zero-order valence-corrected chi connectivity index (χ0v) is 15.5. The van der Waals surface area contributed by atoms with E-state index in [1.165, 1.54) is 0 Å². The molecule has 0 amide bonds. The van der Waals surface area contributed by atoms with E-state index < -0.39 is 5.97 Å². The molecular formula is C18H17Cl2N3O3. The summed E-state index contributed by atoms with van der Waals surface area (Å²) in [6.45, 7) is 1.24. The third-order valence-corrected chi connectivity index (χ3v) is 4.55. The highest BCUT2D eigenvalue weighted by Crippen LogP contribution is 2.33. The summed E-state index contributed by atoms with van der Waals surface area (Å²) in [4.78, 5) is 15.8. The number of carbonyl (C=O) groups is 1. The number of aromatic nitrogens is 2. The molecule has 0 saturated carbocycles. The molecule has 0 spiro atoms. The molecule has 6 nitrogen and oxygen atoms in total. The number of hydrogen-bond acceptors (Lipinski definition) is 4. The van der Waals surface area contributed by atoms with Crippen LogP contribution in [0.2, 0.25) is 10.0 Å². The van der Waals surface area contributed by atoms with Crippen molar-refractivity contribution < 1.29 is 14.6 Å². The maximum Gasteiger partial charge on any atom is 0.335 e. The number of aromatic carboxylic acids is 1. The van der Waals surface area contributed by atoms with E-state index in [0.29, 0.717) is 40.3 Å². The van der Waals surface area contributed by atoms with E-state index in [1.807, 2.05) is 4.57 Å². The fraction of sp³-hybridized carbons (Fsp3) is 0.222. The van der Waals surface area contributed by atoms with Crippen LogP contribution in [0.5, 0.6) is 0 Å². The number of anilines is 2. The highest BCUT2D eigenvalue weighted by atomic mass is 35.5. The molecule has 1 aromatic heterocycles. The van der Waals surface area contributed by atoms with E-state index >= 15 is 0 Å². The lowest BCUT2D eigenvalue weighted by Gasteiger charge is -2.13. The number of rotatable bonds is 7. The van der Waals surface area contributed by atoms with Gasteiger partial charge in [0.05, 0.1) is 32.3 Å². The van der Waals surface area contributed by atoms with Gasteiger partial charge in [0.2, 0.25) is 5.95 Å². The number of imidazole rings is 1. The highest BCUT2D eigenvalue weighted by molar-refractivity contribution is 6.39. The second kappa shape index (κ2) is 7.95. The zero-order valence-electron chi connectivity index (χ0n) is 14.0. The molecule has 1 heterocycles. The summed E-state index contributed by atoms with van der Waals surface area (Å²) in [6.07, 6.45) is 0.771. The monoisotopic (exact) mass is 393 g/mol. The van der Waals surface area contributed by atoms with Gasteiger partial charge in [0, 0.05) is 20.3 Å². The molecule has 0 aliphatic carbocycles. The Labute approximate surface area is 160 Å². The number of fused-ring (bicyclic) bond motifs is 1. The number of ether oxygens (including phenoxy) is 1. The molecule has 0 radical (unpaired) electrons. The fourth-order valence-corrected chi connectivity index (χ4v) is 3.17. The predicted molar refractivity (Wildman–Crippen MR) is 103 cm³/mol. The van der Waals surface area contributed by atoms with E-state index in [-0.39, 0.29) is 5.56 Å². The summed E-state index contributed by atoms with van der Waals surface area (Å²) in [7, 11) is 1.65. The number of benzene rings is 2. The van der Waals surface area contributed by atoms with Crippen LogP contribution >= 0.6 is 23.2 Å². The van der Waals surface area contributed by atoms with Gasteiger partial charge in [-0.2, -0.15) is 0 Å². The molecule has 3 aromatic rings. The maximum absolute atomic E-state index is 11.2. The Balaban J connectivity index is 2.06. The van der Waals surface area contributed by atoms with Crippen LogP contribution in [0.4, 0.5) is 11.6 Å². The first-order valence-corrected chi connectivity index (χ1v) is 8.70. The smallest absolute Gasteiger partial charge is 0.335 e. The summed E-state index contributed by atoms with van der Waals surface area (Å²) in [5.74, 6) is -0.460. The summed E-state index contributed by atoms with van der Waals surface area (Å²) >= 11 is 12.5. The number of carboxylic acid groups (broad SMARTS) is 1. The number of nitrogens with zero attached hydrogens (tertiary/aromatic N) is 2. The van der Waals surface area contributed by atoms with Crippen molar-refractivity contribution >= 4 is 51.8 Å². The topological polar surface area (TPSA) is 76.4 Å². The van der Waals surface area contributed by atoms with Gasteiger partial charge in [-0.3, -0.25) is 0 Å². The van der Waals surface area contributed by atoms with Crippen molar-refractivity contribution in [1.29, 1.82) is 0 Å². The molecule has 26 heavy (non-hydrogen) atoms. The molecule has 136 valence electrons. The van der Waals surface area contributed by atoms with Crippen molar-refractivity contribution in [3.63, 3.8) is 0 Å². The van der Waals surface area contributed by atoms with Gasteiger partial charge in [-0.05, 0) is 36.8 Å². The lowest BCUT2D eigenvalue weighted by molar-refractivity contribution is 0.0697. The van der Waals surface area contributed by atoms with E-state index in [9.17, 15) is 9.90 Å². The number of hydrogen-bond donors (Lipinski definition) is 2. The van der Waals surface area contributed by atoms with Crippen molar-refractivity contribution in [2.24, 2.45) is 0 Å². The van der Waals surface area contributed by atoms with Gasteiger partial charge >= 0.3 is 5.97 Å². The molecule has 0 aliphatic rings. The van der Waals surface area contributed by atoms with Crippen LogP contribution in [-0.4, -0.2) is 34.3 Å². The lowest BCUT2D eigenvalue weighted by Crippen LogP contribution is -2.06. The third-order valence-electron chi connectivity index (χ3n) is 3.92. The number of aryl methyl sites for hydroxylation is 1. The van der Waals surface area contributed by atoms with Crippen LogP contribution in [0, 0.1) is 0 Å². The second-order valence-electron chi connectivity index (χ2n) is 5.66. The van der Waals surface area contributed by atoms with Crippen LogP contribution in [0.3, 0.4) is 0 Å². The largest absolute Gasteiger partial charge is 0.478 e. The zero-order chi connectivity index (χ0) is 18.7. The Morgan fingerprint density at radius 3 is 2.65 bits per heavy atom. The molecular weight excluding hydrogens is 377 g/mol. The van der Waals surface area contributed by atoms with Crippen molar-refractivity contribution in [2.75, 3.05) is 19.0 Å². The summed E-state index contributed by atoms with van der Waals surface area (Å²) in [5, 5.41) is 13.3. The quantitative estimate of drug-likeness (QED) is 0.562. The van der Waals surface area contributed by atoms with Crippen LogP contribution in [0.15, 0.2) is 36.4 Å². The standard InChI is InChI=1S/C18H17Cl2N3O3/c1-26-9-3-8-23-15-7-6-11(17(24)25)10-14(15)21-18(23)22-16-12(19)4-2-5-13(16)20/h2,4-7,10H,3,8-9H2,1H3,(H,21,22)(H,24,25). The van der Waals surface area contributed by atoms with Crippen molar-refractivity contribution in [1.82, 2.24) is 9.55 Å². The normalized spacial score (nSPS) is 11.0. The van der Waals surface area contributed by atoms with E-state index in [2.05, 4.69) is 10.3 Å². The second-order valence-corrected chi connectivity index (χ2v) is 6.48. The molecule has 0 saturated heterocycles. The molecule has 2 aromatic carbocycles. The van der Waals surface area contributed by atoms with Gasteiger partial charge in [0.25, 0.3) is 0 Å². The van der Waals surface area contributed by atoms with Crippen molar-refractivity contribution in [2.45, 2.75) is 13.0 Å². The van der Waals surface area contributed by atoms with Crippen molar-refractivity contribution in [3.8, 4) is 0 Å². The minimum absolute atomic E-state index is 0.182. The van der Waals surface area contributed by atoms with E-state index in [1.54, 1.807) is 43.5 Å². The van der Waals surface area contributed by atoms with Crippen LogP contribution < -0.4 is 5.32 Å². The first-order chi connectivity index (χ1) is 12.5. The molecule has 0 fully saturated rings. The lowest BCUT2D eigenvalue weighted by atomic mass is 10.2. The molecule has 0 bridgehead atoms. The van der Waals surface area contributed by atoms with Gasteiger partial charge in [0.1, 0.15) is 0 Å². The molecule has 8 heteroatoms. The van der Waals surface area contributed by atoms with Crippen LogP contribution in [0.25, 0.3) is 11.0 Å². The van der Waals surface area contributed by atoms with Gasteiger partial charge < -0.3 is 19.7 Å². The van der Waals surface area contributed by atoms with Gasteiger partial charge in [-0.15, -0.1) is 0 Å². The Kier molecular flexibility index (Phi) is 5.66. The third kappa shape index (κ3) is 3.77. The number of carboxylic acids is 1. The van der Waals surface area contributed by atoms with Gasteiger partial charge in [-0.1, -0.05) is 29.3 Å². The Hall–Kier alpha value is -2.28. The highest BCUT2D eigenvalue weighted by Gasteiger charge is 2.15. The minimum Gasteiger partial charge on any atom is -0.478 e. The number of methoxy groups -OCH3 is 1. The van der Waals surface area contributed by atoms with E-state index in [0.717, 1.165) is 11.9 Å². The average molecular weight is 394 g/mol. The summed E-state index contributed by atoms with van der Waals surface area (Å²) < 4.78 is 7.08. The van der Waals surface area contributed by atoms with Crippen molar-refractivity contribution in [3.05, 3.63) is 52.0 Å². The Morgan fingerprint density at radius 1 is 1.27 bits per heavy atom. The van der Waals surface area contributed by atoms with E-state index in [4.69, 9.17) is 27.9 Å². The maximum atomic E-state index is 11.2. The van der Waals surface area contributed by atoms with Crippen LogP contribution in [-0.2, 0) is 11.3 Å². The summed E-state index contributed by atoms with van der Waals surface area (Å²) in [5.41, 5.74) is 2.13. The molecule has 0 unspecified atom stereocenters.